The van der Waals surface area contributed by atoms with Crippen LogP contribution in [0.5, 0.6) is 0 Å². The van der Waals surface area contributed by atoms with Crippen molar-refractivity contribution in [2.45, 2.75) is 6.54 Å². The fraction of sp³-hybridized carbons (Fsp3) is 0.0588. The molecule has 4 aromatic rings. The van der Waals surface area contributed by atoms with Gasteiger partial charge in [0.1, 0.15) is 10.8 Å². The minimum Gasteiger partial charge on any atom is -0.351 e. The lowest BCUT2D eigenvalue weighted by Crippen LogP contribution is -2.01. The Labute approximate surface area is 132 Å². The van der Waals surface area contributed by atoms with E-state index in [1.807, 2.05) is 42.6 Å². The van der Waals surface area contributed by atoms with Crippen LogP contribution >= 0.6 is 11.6 Å². The third kappa shape index (κ3) is 2.27. The number of nitrogens with one attached hydrogen (secondary N) is 1. The summed E-state index contributed by atoms with van der Waals surface area (Å²) >= 11 is 6.02. The van der Waals surface area contributed by atoms with Gasteiger partial charge < -0.3 is 9.55 Å². The lowest BCUT2D eigenvalue weighted by Gasteiger charge is -2.09. The summed E-state index contributed by atoms with van der Waals surface area (Å²) in [5.41, 5.74) is 5.07. The van der Waals surface area contributed by atoms with Crippen LogP contribution < -0.4 is 0 Å². The molecule has 5 heteroatoms. The van der Waals surface area contributed by atoms with E-state index in [0.717, 1.165) is 29.0 Å². The largest absolute Gasteiger partial charge is 0.351 e. The van der Waals surface area contributed by atoms with Crippen molar-refractivity contribution in [1.29, 1.82) is 0 Å². The van der Waals surface area contributed by atoms with Crippen molar-refractivity contribution in [3.05, 3.63) is 71.8 Å². The number of fused-ring (bicyclic) bond motifs is 1. The third-order valence-electron chi connectivity index (χ3n) is 3.67. The summed E-state index contributed by atoms with van der Waals surface area (Å²) in [6.07, 6.45) is 3.57. The summed E-state index contributed by atoms with van der Waals surface area (Å²) in [5.74, 6) is 0. The molecule has 4 nitrogen and oxygen atoms in total. The van der Waals surface area contributed by atoms with E-state index in [1.54, 1.807) is 6.33 Å². The average Bonchev–Trinajstić information content (AvgIpc) is 3.16. The number of pyridine rings is 1. The van der Waals surface area contributed by atoms with Crippen molar-refractivity contribution < 1.29 is 0 Å². The summed E-state index contributed by atoms with van der Waals surface area (Å²) in [7, 11) is 0. The van der Waals surface area contributed by atoms with E-state index in [1.165, 1.54) is 5.56 Å². The Kier molecular flexibility index (Phi) is 3.16. The molecule has 22 heavy (non-hydrogen) atoms. The molecule has 0 fully saturated rings. The van der Waals surface area contributed by atoms with Crippen LogP contribution in [0.1, 0.15) is 5.56 Å². The smallest absolute Gasteiger partial charge is 0.129 e. The number of hydrogen-bond acceptors (Lipinski definition) is 2. The molecule has 1 N–H and O–H groups in total. The molecule has 0 aliphatic heterocycles. The highest BCUT2D eigenvalue weighted by Gasteiger charge is 2.13. The Bertz CT molecular complexity index is 911. The van der Waals surface area contributed by atoms with Crippen LogP contribution in [0.25, 0.3) is 22.4 Å². The number of halogens is 1. The molecule has 0 saturated heterocycles. The molecule has 4 rings (SSSR count). The fourth-order valence-electron chi connectivity index (χ4n) is 2.66. The third-order valence-corrected chi connectivity index (χ3v) is 3.88. The van der Waals surface area contributed by atoms with E-state index >= 15 is 0 Å². The van der Waals surface area contributed by atoms with E-state index in [9.17, 15) is 0 Å². The first kappa shape index (κ1) is 13.1. The maximum absolute atomic E-state index is 6.02. The van der Waals surface area contributed by atoms with Gasteiger partial charge in [0.2, 0.25) is 0 Å². The van der Waals surface area contributed by atoms with Crippen LogP contribution in [0.2, 0.25) is 5.15 Å². The number of imidazole rings is 1. The molecule has 0 aliphatic rings. The van der Waals surface area contributed by atoms with Crippen molar-refractivity contribution in [2.24, 2.45) is 0 Å². The van der Waals surface area contributed by atoms with Crippen LogP contribution in [-0.2, 0) is 6.54 Å². The fourth-order valence-corrected chi connectivity index (χ4v) is 2.82. The summed E-state index contributed by atoms with van der Waals surface area (Å²) < 4.78 is 2.21. The van der Waals surface area contributed by atoms with Crippen LogP contribution in [0.15, 0.2) is 61.1 Å². The molecule has 0 amide bonds. The molecule has 1 aromatic carbocycles. The van der Waals surface area contributed by atoms with Gasteiger partial charge in [-0.2, -0.15) is 0 Å². The zero-order chi connectivity index (χ0) is 14.9. The predicted molar refractivity (Wildman–Crippen MR) is 87.9 cm³/mol. The maximum Gasteiger partial charge on any atom is 0.129 e. The Hall–Kier alpha value is -2.59. The lowest BCUT2D eigenvalue weighted by molar-refractivity contribution is 0.842. The highest BCUT2D eigenvalue weighted by molar-refractivity contribution is 6.29. The van der Waals surface area contributed by atoms with E-state index < -0.39 is 0 Å². The number of hydrogen-bond donors (Lipinski definition) is 1. The first-order valence-corrected chi connectivity index (χ1v) is 7.38. The van der Waals surface area contributed by atoms with Crippen LogP contribution in [0.4, 0.5) is 0 Å². The van der Waals surface area contributed by atoms with Crippen LogP contribution in [0, 0.1) is 0 Å². The predicted octanol–water partition coefficient (Wildman–Crippen LogP) is 4.13. The van der Waals surface area contributed by atoms with Crippen molar-refractivity contribution in [3.8, 4) is 11.4 Å². The SMILES string of the molecule is Clc1ccc2c(cc(-c3c[nH]cn3)n2Cc2ccccc2)n1. The summed E-state index contributed by atoms with van der Waals surface area (Å²) in [6, 6.07) is 16.2. The normalized spacial score (nSPS) is 11.1. The van der Waals surface area contributed by atoms with Crippen molar-refractivity contribution in [2.75, 3.05) is 0 Å². The van der Waals surface area contributed by atoms with Gasteiger partial charge in [-0.05, 0) is 23.8 Å². The minimum absolute atomic E-state index is 0.498. The second-order valence-corrected chi connectivity index (χ2v) is 5.48. The molecule has 0 saturated carbocycles. The van der Waals surface area contributed by atoms with E-state index in [4.69, 9.17) is 11.6 Å². The monoisotopic (exact) mass is 308 g/mol. The zero-order valence-corrected chi connectivity index (χ0v) is 12.5. The lowest BCUT2D eigenvalue weighted by atomic mass is 10.2. The highest BCUT2D eigenvalue weighted by atomic mass is 35.5. The molecule has 0 spiro atoms. The number of nitrogens with zero attached hydrogens (tertiary/aromatic N) is 3. The topological polar surface area (TPSA) is 46.5 Å². The Morgan fingerprint density at radius 1 is 1.09 bits per heavy atom. The van der Waals surface area contributed by atoms with E-state index in [2.05, 4.69) is 31.7 Å². The quantitative estimate of drug-likeness (QED) is 0.578. The first-order chi connectivity index (χ1) is 10.8. The van der Waals surface area contributed by atoms with Gasteiger partial charge in [-0.3, -0.25) is 0 Å². The van der Waals surface area contributed by atoms with Crippen molar-refractivity contribution >= 4 is 22.6 Å². The van der Waals surface area contributed by atoms with Gasteiger partial charge in [0, 0.05) is 12.7 Å². The molecule has 3 aromatic heterocycles. The number of rotatable bonds is 3. The zero-order valence-electron chi connectivity index (χ0n) is 11.7. The second-order valence-electron chi connectivity index (χ2n) is 5.09. The summed E-state index contributed by atoms with van der Waals surface area (Å²) in [4.78, 5) is 11.8. The van der Waals surface area contributed by atoms with Gasteiger partial charge in [-0.1, -0.05) is 41.9 Å². The summed E-state index contributed by atoms with van der Waals surface area (Å²) in [6.45, 7) is 0.760. The average molecular weight is 309 g/mol. The Morgan fingerprint density at radius 3 is 2.73 bits per heavy atom. The van der Waals surface area contributed by atoms with Gasteiger partial charge in [0.05, 0.1) is 23.1 Å². The second kappa shape index (κ2) is 5.31. The molecule has 0 aliphatic carbocycles. The number of benzene rings is 1. The van der Waals surface area contributed by atoms with E-state index in [0.29, 0.717) is 5.15 Å². The molecule has 0 radical (unpaired) electrons. The van der Waals surface area contributed by atoms with Gasteiger partial charge in [-0.15, -0.1) is 0 Å². The van der Waals surface area contributed by atoms with Gasteiger partial charge in [0.15, 0.2) is 0 Å². The van der Waals surface area contributed by atoms with E-state index in [-0.39, 0.29) is 0 Å². The summed E-state index contributed by atoms with van der Waals surface area (Å²) in [5, 5.41) is 0.498. The van der Waals surface area contributed by atoms with Crippen molar-refractivity contribution in [1.82, 2.24) is 19.5 Å². The Morgan fingerprint density at radius 2 is 1.95 bits per heavy atom. The molecular weight excluding hydrogens is 296 g/mol. The number of aromatic nitrogens is 4. The van der Waals surface area contributed by atoms with Gasteiger partial charge in [-0.25, -0.2) is 9.97 Å². The van der Waals surface area contributed by atoms with Gasteiger partial charge >= 0.3 is 0 Å². The highest BCUT2D eigenvalue weighted by Crippen LogP contribution is 2.27. The first-order valence-electron chi connectivity index (χ1n) is 7.00. The molecule has 3 heterocycles. The molecule has 0 bridgehead atoms. The van der Waals surface area contributed by atoms with Crippen LogP contribution in [0.3, 0.4) is 0 Å². The molecule has 108 valence electrons. The Balaban J connectivity index is 1.92. The molecule has 0 atom stereocenters. The van der Waals surface area contributed by atoms with Gasteiger partial charge in [0.25, 0.3) is 0 Å². The number of H-pyrrole nitrogens is 1. The van der Waals surface area contributed by atoms with Crippen molar-refractivity contribution in [3.63, 3.8) is 0 Å². The molecular formula is C17H13ClN4. The number of aromatic amines is 1. The van der Waals surface area contributed by atoms with Crippen LogP contribution in [-0.4, -0.2) is 19.5 Å². The molecule has 0 unspecified atom stereocenters. The minimum atomic E-state index is 0.498. The maximum atomic E-state index is 6.02. The standard InChI is InChI=1S/C17H13ClN4/c18-17-7-6-15-13(21-17)8-16(14-9-19-11-20-14)22(15)10-12-4-2-1-3-5-12/h1-9,11H,10H2,(H,19,20).